The van der Waals surface area contributed by atoms with Crippen molar-refractivity contribution in [3.05, 3.63) is 54.1 Å². The number of carbonyl (C=O) groups is 1. The number of nitrogens with zero attached hydrogens (tertiary/aromatic N) is 1. The number of benzene rings is 2. The van der Waals surface area contributed by atoms with Gasteiger partial charge in [-0.2, -0.15) is 0 Å². The van der Waals surface area contributed by atoms with Crippen molar-refractivity contribution in [3.63, 3.8) is 0 Å². The Morgan fingerprint density at radius 1 is 1.15 bits per heavy atom. The van der Waals surface area contributed by atoms with E-state index < -0.39 is 0 Å². The minimum absolute atomic E-state index is 0.0461. The molecule has 4 nitrogen and oxygen atoms in total. The molecule has 0 spiro atoms. The molecule has 0 unspecified atom stereocenters. The topological polar surface area (TPSA) is 55.6 Å². The third-order valence-electron chi connectivity index (χ3n) is 3.32. The summed E-state index contributed by atoms with van der Waals surface area (Å²) >= 11 is 0. The van der Waals surface area contributed by atoms with Crippen LogP contribution >= 0.6 is 0 Å². The Morgan fingerprint density at radius 2 is 2.00 bits per heavy atom. The molecule has 0 radical (unpaired) electrons. The van der Waals surface area contributed by atoms with Crippen LogP contribution in [0.2, 0.25) is 0 Å². The van der Waals surface area contributed by atoms with Crippen molar-refractivity contribution in [3.8, 4) is 5.75 Å². The summed E-state index contributed by atoms with van der Waals surface area (Å²) in [5.74, 6) is 0.706. The van der Waals surface area contributed by atoms with Crippen LogP contribution in [-0.2, 0) is 0 Å². The van der Waals surface area contributed by atoms with Crippen LogP contribution in [0.15, 0.2) is 48.5 Å². The zero-order chi connectivity index (χ0) is 13.9. The van der Waals surface area contributed by atoms with Crippen molar-refractivity contribution >= 4 is 17.3 Å². The van der Waals surface area contributed by atoms with E-state index >= 15 is 0 Å². The number of fused-ring (bicyclic) bond motifs is 1. The molecule has 2 N–H and O–H groups in total. The molecule has 102 valence electrons. The molecule has 0 aromatic heterocycles. The lowest BCUT2D eigenvalue weighted by Gasteiger charge is -2.21. The van der Waals surface area contributed by atoms with E-state index in [1.54, 1.807) is 29.2 Å². The number of anilines is 2. The molecule has 20 heavy (non-hydrogen) atoms. The largest absolute Gasteiger partial charge is 0.491 e. The molecule has 0 bridgehead atoms. The van der Waals surface area contributed by atoms with Crippen LogP contribution in [0.25, 0.3) is 0 Å². The Bertz CT molecular complexity index is 640. The SMILES string of the molecule is Nc1cccc(C(=O)N2CCCOc3ccccc32)c1. The second kappa shape index (κ2) is 5.25. The Balaban J connectivity index is 1.99. The zero-order valence-electron chi connectivity index (χ0n) is 11.1. The van der Waals surface area contributed by atoms with Gasteiger partial charge in [0, 0.05) is 17.8 Å². The summed E-state index contributed by atoms with van der Waals surface area (Å²) < 4.78 is 5.67. The van der Waals surface area contributed by atoms with Gasteiger partial charge in [0.25, 0.3) is 5.91 Å². The summed E-state index contributed by atoms with van der Waals surface area (Å²) in [6.45, 7) is 1.27. The molecular formula is C16H16N2O2. The van der Waals surface area contributed by atoms with Crippen molar-refractivity contribution < 1.29 is 9.53 Å². The fourth-order valence-electron chi connectivity index (χ4n) is 2.37. The zero-order valence-corrected chi connectivity index (χ0v) is 11.1. The van der Waals surface area contributed by atoms with E-state index in [0.29, 0.717) is 24.4 Å². The van der Waals surface area contributed by atoms with Crippen LogP contribution in [0.4, 0.5) is 11.4 Å². The van der Waals surface area contributed by atoms with Gasteiger partial charge in [0.1, 0.15) is 5.75 Å². The smallest absolute Gasteiger partial charge is 0.258 e. The van der Waals surface area contributed by atoms with E-state index in [0.717, 1.165) is 17.9 Å². The monoisotopic (exact) mass is 268 g/mol. The van der Waals surface area contributed by atoms with E-state index in [1.165, 1.54) is 0 Å². The predicted molar refractivity (Wildman–Crippen MR) is 79.1 cm³/mol. The van der Waals surface area contributed by atoms with Crippen molar-refractivity contribution in [1.82, 2.24) is 0 Å². The first kappa shape index (κ1) is 12.5. The third-order valence-corrected chi connectivity index (χ3v) is 3.32. The highest BCUT2D eigenvalue weighted by atomic mass is 16.5. The van der Waals surface area contributed by atoms with Gasteiger partial charge in [-0.05, 0) is 36.8 Å². The number of hydrogen-bond donors (Lipinski definition) is 1. The lowest BCUT2D eigenvalue weighted by atomic mass is 10.1. The molecule has 1 aliphatic rings. The molecule has 1 amide bonds. The number of carbonyl (C=O) groups excluding carboxylic acids is 1. The van der Waals surface area contributed by atoms with E-state index in [2.05, 4.69) is 0 Å². The predicted octanol–water partition coefficient (Wildman–Crippen LogP) is 2.70. The summed E-state index contributed by atoms with van der Waals surface area (Å²) in [6.07, 6.45) is 0.808. The first-order chi connectivity index (χ1) is 9.75. The maximum Gasteiger partial charge on any atom is 0.258 e. The Morgan fingerprint density at radius 3 is 2.85 bits per heavy atom. The normalized spacial score (nSPS) is 14.1. The Hall–Kier alpha value is -2.49. The number of rotatable bonds is 1. The van der Waals surface area contributed by atoms with E-state index in [1.807, 2.05) is 24.3 Å². The quantitative estimate of drug-likeness (QED) is 0.809. The van der Waals surface area contributed by atoms with E-state index in [4.69, 9.17) is 10.5 Å². The molecule has 4 heteroatoms. The summed E-state index contributed by atoms with van der Waals surface area (Å²) in [5, 5.41) is 0. The van der Waals surface area contributed by atoms with Crippen LogP contribution in [0, 0.1) is 0 Å². The summed E-state index contributed by atoms with van der Waals surface area (Å²) in [6, 6.07) is 14.7. The van der Waals surface area contributed by atoms with Crippen LogP contribution in [0.3, 0.4) is 0 Å². The number of ether oxygens (including phenoxy) is 1. The van der Waals surface area contributed by atoms with Crippen molar-refractivity contribution in [2.75, 3.05) is 23.8 Å². The Labute approximate surface area is 117 Å². The lowest BCUT2D eigenvalue weighted by Crippen LogP contribution is -2.31. The maximum absolute atomic E-state index is 12.7. The summed E-state index contributed by atoms with van der Waals surface area (Å²) in [4.78, 5) is 14.4. The second-order valence-electron chi connectivity index (χ2n) is 4.75. The molecule has 3 rings (SSSR count). The molecular weight excluding hydrogens is 252 g/mol. The van der Waals surface area contributed by atoms with Gasteiger partial charge >= 0.3 is 0 Å². The standard InChI is InChI=1S/C16H16N2O2/c17-13-6-3-5-12(11-13)16(19)18-9-4-10-20-15-8-2-1-7-14(15)18/h1-3,5-8,11H,4,9-10,17H2. The van der Waals surface area contributed by atoms with Gasteiger partial charge < -0.3 is 15.4 Å². The van der Waals surface area contributed by atoms with Gasteiger partial charge in [0.15, 0.2) is 0 Å². The average molecular weight is 268 g/mol. The highest BCUT2D eigenvalue weighted by Gasteiger charge is 2.22. The number of para-hydroxylation sites is 2. The number of nitrogens with two attached hydrogens (primary N) is 1. The fraction of sp³-hybridized carbons (Fsp3) is 0.188. The highest BCUT2D eigenvalue weighted by Crippen LogP contribution is 2.31. The van der Waals surface area contributed by atoms with Crippen LogP contribution < -0.4 is 15.4 Å². The summed E-state index contributed by atoms with van der Waals surface area (Å²) in [5.41, 5.74) is 7.76. The molecule has 2 aromatic carbocycles. The lowest BCUT2D eigenvalue weighted by molar-refractivity contribution is 0.0987. The number of amides is 1. The minimum Gasteiger partial charge on any atom is -0.491 e. The third kappa shape index (κ3) is 2.32. The number of nitrogen functional groups attached to an aromatic ring is 1. The number of hydrogen-bond acceptors (Lipinski definition) is 3. The van der Waals surface area contributed by atoms with E-state index in [-0.39, 0.29) is 5.91 Å². The molecule has 2 aromatic rings. The van der Waals surface area contributed by atoms with Gasteiger partial charge in [0.2, 0.25) is 0 Å². The van der Waals surface area contributed by atoms with Gasteiger partial charge in [-0.1, -0.05) is 18.2 Å². The van der Waals surface area contributed by atoms with Gasteiger partial charge in [-0.15, -0.1) is 0 Å². The molecule has 0 fully saturated rings. The highest BCUT2D eigenvalue weighted by molar-refractivity contribution is 6.07. The second-order valence-corrected chi connectivity index (χ2v) is 4.75. The van der Waals surface area contributed by atoms with E-state index in [9.17, 15) is 4.79 Å². The summed E-state index contributed by atoms with van der Waals surface area (Å²) in [7, 11) is 0. The average Bonchev–Trinajstić information content (AvgIpc) is 2.69. The van der Waals surface area contributed by atoms with Crippen LogP contribution in [0.5, 0.6) is 5.75 Å². The minimum atomic E-state index is -0.0461. The molecule has 0 saturated heterocycles. The first-order valence-electron chi connectivity index (χ1n) is 6.65. The van der Waals surface area contributed by atoms with Gasteiger partial charge in [-0.3, -0.25) is 4.79 Å². The maximum atomic E-state index is 12.7. The molecule has 1 heterocycles. The first-order valence-corrected chi connectivity index (χ1v) is 6.65. The molecule has 0 atom stereocenters. The van der Waals surface area contributed by atoms with Crippen molar-refractivity contribution in [1.29, 1.82) is 0 Å². The molecule has 0 saturated carbocycles. The van der Waals surface area contributed by atoms with Gasteiger partial charge in [-0.25, -0.2) is 0 Å². The molecule has 0 aliphatic carbocycles. The van der Waals surface area contributed by atoms with Crippen LogP contribution in [0.1, 0.15) is 16.8 Å². The van der Waals surface area contributed by atoms with Gasteiger partial charge in [0.05, 0.1) is 12.3 Å². The van der Waals surface area contributed by atoms with Crippen LogP contribution in [-0.4, -0.2) is 19.1 Å². The Kier molecular flexibility index (Phi) is 3.29. The fourth-order valence-corrected chi connectivity index (χ4v) is 2.37. The van der Waals surface area contributed by atoms with Crippen molar-refractivity contribution in [2.24, 2.45) is 0 Å². The van der Waals surface area contributed by atoms with Crippen molar-refractivity contribution in [2.45, 2.75) is 6.42 Å². The molecule has 1 aliphatic heterocycles.